The number of hydrogen-bond donors (Lipinski definition) is 1. The molecule has 1 aromatic rings. The fraction of sp³-hybridized carbons (Fsp3) is 0.625. The van der Waals surface area contributed by atoms with Gasteiger partial charge in [0.05, 0.1) is 0 Å². The van der Waals surface area contributed by atoms with Crippen LogP contribution in [-0.4, -0.2) is 31.1 Å². The fourth-order valence-corrected chi connectivity index (χ4v) is 3.02. The van der Waals surface area contributed by atoms with Gasteiger partial charge in [0, 0.05) is 37.8 Å². The number of nitrogens with one attached hydrogen (secondary N) is 1. The van der Waals surface area contributed by atoms with Crippen LogP contribution in [-0.2, 0) is 0 Å². The number of rotatable bonds is 2. The third-order valence-corrected chi connectivity index (χ3v) is 3.94. The standard InChI is InChI=1S/C16H24F2N2/c1-11-5-6-12(14(18)13(11)17)15(16(2,3)4)20-9-7-19-8-10-20/h5-6,15,19H,7-10H2,1-4H3/t15-/m1/s1. The molecule has 1 atom stereocenters. The molecule has 2 rings (SSSR count). The molecular formula is C16H24F2N2. The summed E-state index contributed by atoms with van der Waals surface area (Å²) in [6.45, 7) is 11.3. The van der Waals surface area contributed by atoms with Crippen molar-refractivity contribution in [1.29, 1.82) is 0 Å². The number of aryl methyl sites for hydroxylation is 1. The lowest BCUT2D eigenvalue weighted by Crippen LogP contribution is -2.48. The zero-order valence-corrected chi connectivity index (χ0v) is 12.8. The average Bonchev–Trinajstić information content (AvgIpc) is 2.39. The summed E-state index contributed by atoms with van der Waals surface area (Å²) in [5.41, 5.74) is 0.682. The van der Waals surface area contributed by atoms with E-state index in [1.807, 2.05) is 0 Å². The number of halogens is 2. The van der Waals surface area contributed by atoms with Crippen molar-refractivity contribution in [1.82, 2.24) is 10.2 Å². The summed E-state index contributed by atoms with van der Waals surface area (Å²) in [5, 5.41) is 3.30. The third kappa shape index (κ3) is 3.01. The molecule has 1 heterocycles. The first-order chi connectivity index (χ1) is 9.32. The maximum absolute atomic E-state index is 14.4. The maximum atomic E-state index is 14.4. The normalized spacial score (nSPS) is 19.1. The van der Waals surface area contributed by atoms with Gasteiger partial charge in [0.2, 0.25) is 0 Å². The van der Waals surface area contributed by atoms with Gasteiger partial charge in [-0.15, -0.1) is 0 Å². The predicted molar refractivity (Wildman–Crippen MR) is 77.7 cm³/mol. The minimum atomic E-state index is -0.716. The molecule has 1 saturated heterocycles. The van der Waals surface area contributed by atoms with E-state index in [0.717, 1.165) is 26.2 Å². The van der Waals surface area contributed by atoms with Crippen LogP contribution >= 0.6 is 0 Å². The van der Waals surface area contributed by atoms with Gasteiger partial charge >= 0.3 is 0 Å². The van der Waals surface area contributed by atoms with Gasteiger partial charge in [0.15, 0.2) is 11.6 Å². The first-order valence-electron chi connectivity index (χ1n) is 7.21. The molecule has 0 aromatic heterocycles. The molecule has 0 aliphatic carbocycles. The van der Waals surface area contributed by atoms with Crippen molar-refractivity contribution in [2.75, 3.05) is 26.2 Å². The van der Waals surface area contributed by atoms with E-state index in [2.05, 4.69) is 31.0 Å². The second-order valence-electron chi connectivity index (χ2n) is 6.65. The smallest absolute Gasteiger partial charge is 0.163 e. The largest absolute Gasteiger partial charge is 0.314 e. The molecule has 0 bridgehead atoms. The molecule has 1 aromatic carbocycles. The molecule has 0 radical (unpaired) electrons. The lowest BCUT2D eigenvalue weighted by Gasteiger charge is -2.42. The van der Waals surface area contributed by atoms with Crippen LogP contribution < -0.4 is 5.32 Å². The summed E-state index contributed by atoms with van der Waals surface area (Å²) in [6, 6.07) is 3.31. The highest BCUT2D eigenvalue weighted by Gasteiger charge is 2.35. The Bertz CT molecular complexity index is 474. The highest BCUT2D eigenvalue weighted by molar-refractivity contribution is 5.29. The lowest BCUT2D eigenvalue weighted by molar-refractivity contribution is 0.0828. The molecular weight excluding hydrogens is 258 g/mol. The minimum Gasteiger partial charge on any atom is -0.314 e. The molecule has 4 heteroatoms. The van der Waals surface area contributed by atoms with Crippen molar-refractivity contribution in [3.05, 3.63) is 34.9 Å². The lowest BCUT2D eigenvalue weighted by atomic mass is 9.80. The molecule has 1 N–H and O–H groups in total. The zero-order valence-electron chi connectivity index (χ0n) is 12.8. The summed E-state index contributed by atoms with van der Waals surface area (Å²) in [6.07, 6.45) is 0. The van der Waals surface area contributed by atoms with Crippen LogP contribution in [0.1, 0.15) is 37.9 Å². The van der Waals surface area contributed by atoms with Gasteiger partial charge in [-0.05, 0) is 17.9 Å². The summed E-state index contributed by atoms with van der Waals surface area (Å²) >= 11 is 0. The van der Waals surface area contributed by atoms with Crippen molar-refractivity contribution in [2.24, 2.45) is 5.41 Å². The Morgan fingerprint density at radius 3 is 2.25 bits per heavy atom. The van der Waals surface area contributed by atoms with Crippen LogP contribution in [0.15, 0.2) is 12.1 Å². The number of nitrogens with zero attached hydrogens (tertiary/aromatic N) is 1. The van der Waals surface area contributed by atoms with E-state index in [-0.39, 0.29) is 11.5 Å². The van der Waals surface area contributed by atoms with Crippen molar-refractivity contribution < 1.29 is 8.78 Å². The molecule has 0 unspecified atom stereocenters. The average molecular weight is 282 g/mol. The Labute approximate surface area is 120 Å². The van der Waals surface area contributed by atoms with E-state index in [4.69, 9.17) is 0 Å². The Kier molecular flexibility index (Phi) is 4.45. The van der Waals surface area contributed by atoms with Crippen LogP contribution in [0.4, 0.5) is 8.78 Å². The molecule has 0 amide bonds. The molecule has 1 fully saturated rings. The zero-order chi connectivity index (χ0) is 14.9. The van der Waals surface area contributed by atoms with Crippen molar-refractivity contribution in [3.63, 3.8) is 0 Å². The number of hydrogen-bond acceptors (Lipinski definition) is 2. The second kappa shape index (κ2) is 5.78. The van der Waals surface area contributed by atoms with Gasteiger partial charge in [-0.1, -0.05) is 32.9 Å². The van der Waals surface area contributed by atoms with Crippen LogP contribution in [0.2, 0.25) is 0 Å². The first kappa shape index (κ1) is 15.4. The van der Waals surface area contributed by atoms with Gasteiger partial charge in [-0.2, -0.15) is 0 Å². The van der Waals surface area contributed by atoms with Crippen LogP contribution in [0.25, 0.3) is 0 Å². The van der Waals surface area contributed by atoms with E-state index >= 15 is 0 Å². The highest BCUT2D eigenvalue weighted by atomic mass is 19.2. The van der Waals surface area contributed by atoms with E-state index in [1.54, 1.807) is 19.1 Å². The van der Waals surface area contributed by atoms with Gasteiger partial charge in [-0.25, -0.2) is 8.78 Å². The first-order valence-corrected chi connectivity index (χ1v) is 7.21. The monoisotopic (exact) mass is 282 g/mol. The Hall–Kier alpha value is -1.00. The topological polar surface area (TPSA) is 15.3 Å². The number of benzene rings is 1. The van der Waals surface area contributed by atoms with Crippen LogP contribution in [0.3, 0.4) is 0 Å². The van der Waals surface area contributed by atoms with Gasteiger partial charge in [-0.3, -0.25) is 4.90 Å². The Morgan fingerprint density at radius 2 is 1.70 bits per heavy atom. The molecule has 2 nitrogen and oxygen atoms in total. The minimum absolute atomic E-state index is 0.111. The molecule has 1 aliphatic rings. The molecule has 112 valence electrons. The maximum Gasteiger partial charge on any atom is 0.163 e. The summed E-state index contributed by atoms with van der Waals surface area (Å²) in [7, 11) is 0. The van der Waals surface area contributed by atoms with Gasteiger partial charge in [0.1, 0.15) is 0 Å². The van der Waals surface area contributed by atoms with E-state index in [9.17, 15) is 8.78 Å². The fourth-order valence-electron chi connectivity index (χ4n) is 3.02. The SMILES string of the molecule is Cc1ccc([C@@H](N2CCNCC2)C(C)(C)C)c(F)c1F. The van der Waals surface area contributed by atoms with Crippen molar-refractivity contribution >= 4 is 0 Å². The van der Waals surface area contributed by atoms with Crippen molar-refractivity contribution in [2.45, 2.75) is 33.7 Å². The summed E-state index contributed by atoms with van der Waals surface area (Å²) in [4.78, 5) is 2.25. The van der Waals surface area contributed by atoms with Gasteiger partial charge in [0.25, 0.3) is 0 Å². The molecule has 20 heavy (non-hydrogen) atoms. The third-order valence-electron chi connectivity index (χ3n) is 3.94. The summed E-state index contributed by atoms with van der Waals surface area (Å²) in [5.74, 6) is -1.41. The molecule has 1 aliphatic heterocycles. The van der Waals surface area contributed by atoms with Gasteiger partial charge < -0.3 is 5.32 Å². The Balaban J connectivity index is 2.44. The van der Waals surface area contributed by atoms with Crippen LogP contribution in [0.5, 0.6) is 0 Å². The van der Waals surface area contributed by atoms with E-state index in [0.29, 0.717) is 11.1 Å². The van der Waals surface area contributed by atoms with E-state index in [1.165, 1.54) is 0 Å². The molecule has 0 spiro atoms. The molecule has 0 saturated carbocycles. The number of piperazine rings is 1. The predicted octanol–water partition coefficient (Wildman–Crippen LogP) is 3.27. The highest BCUT2D eigenvalue weighted by Crippen LogP contribution is 2.39. The summed E-state index contributed by atoms with van der Waals surface area (Å²) < 4.78 is 28.3. The van der Waals surface area contributed by atoms with Crippen molar-refractivity contribution in [3.8, 4) is 0 Å². The quantitative estimate of drug-likeness (QED) is 0.895. The van der Waals surface area contributed by atoms with E-state index < -0.39 is 11.6 Å². The Morgan fingerprint density at radius 1 is 1.10 bits per heavy atom. The van der Waals surface area contributed by atoms with Crippen LogP contribution in [0, 0.1) is 24.0 Å². The second-order valence-corrected chi connectivity index (χ2v) is 6.65.